The molecule has 0 bridgehead atoms. The molecule has 0 fully saturated rings. The molecule has 1 heterocycles. The van der Waals surface area contributed by atoms with Crippen molar-refractivity contribution in [2.75, 3.05) is 19.5 Å². The topological polar surface area (TPSA) is 89.1 Å². The number of H-pyrrole nitrogens is 1. The number of hydrogen-bond donors (Lipinski definition) is 2. The van der Waals surface area contributed by atoms with Crippen LogP contribution in [0, 0.1) is 6.92 Å². The van der Waals surface area contributed by atoms with Crippen LogP contribution in [0.25, 0.3) is 0 Å². The van der Waals surface area contributed by atoms with E-state index >= 15 is 0 Å². The van der Waals surface area contributed by atoms with Gasteiger partial charge in [-0.1, -0.05) is 11.6 Å². The second kappa shape index (κ2) is 5.79. The van der Waals surface area contributed by atoms with Crippen molar-refractivity contribution in [1.82, 2.24) is 15.4 Å². The van der Waals surface area contributed by atoms with Crippen LogP contribution in [0.15, 0.2) is 12.1 Å². The van der Waals surface area contributed by atoms with E-state index in [2.05, 4.69) is 20.7 Å². The van der Waals surface area contributed by atoms with Crippen molar-refractivity contribution in [1.29, 1.82) is 0 Å². The first-order valence-corrected chi connectivity index (χ1v) is 6.04. The molecule has 0 atom stereocenters. The highest BCUT2D eigenvalue weighted by Crippen LogP contribution is 2.36. The zero-order valence-corrected chi connectivity index (χ0v) is 11.9. The molecular weight excluding hydrogens is 284 g/mol. The maximum atomic E-state index is 12.1. The van der Waals surface area contributed by atoms with Crippen molar-refractivity contribution in [2.45, 2.75) is 6.92 Å². The molecule has 7 nitrogen and oxygen atoms in total. The molecule has 0 saturated carbocycles. The van der Waals surface area contributed by atoms with Crippen molar-refractivity contribution in [2.24, 2.45) is 0 Å². The zero-order valence-electron chi connectivity index (χ0n) is 11.2. The third-order valence-corrected chi connectivity index (χ3v) is 2.95. The maximum absolute atomic E-state index is 12.1. The Balaban J connectivity index is 2.33. The Labute approximate surface area is 120 Å². The fourth-order valence-electron chi connectivity index (χ4n) is 1.64. The van der Waals surface area contributed by atoms with Crippen LogP contribution in [-0.4, -0.2) is 35.5 Å². The van der Waals surface area contributed by atoms with E-state index in [-0.39, 0.29) is 5.69 Å². The number of halogens is 1. The van der Waals surface area contributed by atoms with Gasteiger partial charge in [0.15, 0.2) is 5.69 Å². The molecular formula is C12H13ClN4O3. The van der Waals surface area contributed by atoms with Gasteiger partial charge in [-0.15, -0.1) is 0 Å². The van der Waals surface area contributed by atoms with Crippen molar-refractivity contribution in [3.63, 3.8) is 0 Å². The van der Waals surface area contributed by atoms with E-state index in [0.717, 1.165) is 0 Å². The Morgan fingerprint density at radius 3 is 2.50 bits per heavy atom. The molecule has 8 heteroatoms. The van der Waals surface area contributed by atoms with Crippen LogP contribution in [0.4, 0.5) is 5.69 Å². The van der Waals surface area contributed by atoms with Crippen molar-refractivity contribution in [3.05, 3.63) is 28.5 Å². The van der Waals surface area contributed by atoms with E-state index in [1.807, 2.05) is 0 Å². The number of methoxy groups -OCH3 is 2. The van der Waals surface area contributed by atoms with Crippen LogP contribution < -0.4 is 14.8 Å². The van der Waals surface area contributed by atoms with Gasteiger partial charge < -0.3 is 14.8 Å². The fraction of sp³-hybridized carbons (Fsp3) is 0.250. The number of aryl methyl sites for hydroxylation is 1. The number of carbonyl (C=O) groups is 1. The lowest BCUT2D eigenvalue weighted by Crippen LogP contribution is -2.14. The molecule has 1 aromatic heterocycles. The van der Waals surface area contributed by atoms with E-state index in [4.69, 9.17) is 21.1 Å². The van der Waals surface area contributed by atoms with Crippen LogP contribution in [-0.2, 0) is 0 Å². The Bertz CT molecular complexity index is 642. The largest absolute Gasteiger partial charge is 0.495 e. The maximum Gasteiger partial charge on any atom is 0.278 e. The first-order valence-electron chi connectivity index (χ1n) is 5.67. The van der Waals surface area contributed by atoms with Gasteiger partial charge in [-0.3, -0.25) is 4.79 Å². The number of aromatic amines is 1. The van der Waals surface area contributed by atoms with Gasteiger partial charge in [-0.2, -0.15) is 15.4 Å². The number of anilines is 1. The third kappa shape index (κ3) is 2.67. The van der Waals surface area contributed by atoms with Crippen molar-refractivity contribution < 1.29 is 14.3 Å². The average molecular weight is 297 g/mol. The molecule has 106 valence electrons. The Morgan fingerprint density at radius 2 is 1.95 bits per heavy atom. The van der Waals surface area contributed by atoms with Crippen molar-refractivity contribution in [3.8, 4) is 11.5 Å². The zero-order chi connectivity index (χ0) is 14.7. The Morgan fingerprint density at radius 1 is 1.25 bits per heavy atom. The first kappa shape index (κ1) is 14.1. The van der Waals surface area contributed by atoms with Gasteiger partial charge >= 0.3 is 0 Å². The van der Waals surface area contributed by atoms with Gasteiger partial charge in [0.1, 0.15) is 11.5 Å². The van der Waals surface area contributed by atoms with E-state index in [1.54, 1.807) is 19.1 Å². The van der Waals surface area contributed by atoms with Crippen LogP contribution in [0.3, 0.4) is 0 Å². The lowest BCUT2D eigenvalue weighted by Gasteiger charge is -2.12. The quantitative estimate of drug-likeness (QED) is 0.901. The summed E-state index contributed by atoms with van der Waals surface area (Å²) < 4.78 is 10.3. The first-order chi connectivity index (χ1) is 9.56. The molecule has 2 N–H and O–H groups in total. The third-order valence-electron chi connectivity index (χ3n) is 2.66. The molecule has 2 rings (SSSR count). The highest BCUT2D eigenvalue weighted by Gasteiger charge is 2.17. The smallest absolute Gasteiger partial charge is 0.278 e. The Hall–Kier alpha value is -2.28. The summed E-state index contributed by atoms with van der Waals surface area (Å²) in [5, 5.41) is 13.0. The predicted octanol–water partition coefficient (Wildman–Crippen LogP) is 2.04. The molecule has 1 aromatic carbocycles. The van der Waals surface area contributed by atoms with E-state index in [9.17, 15) is 4.79 Å². The lowest BCUT2D eigenvalue weighted by atomic mass is 10.2. The minimum absolute atomic E-state index is 0.209. The van der Waals surface area contributed by atoms with Crippen LogP contribution >= 0.6 is 11.6 Å². The predicted molar refractivity (Wildman–Crippen MR) is 73.6 cm³/mol. The number of hydrogen-bond acceptors (Lipinski definition) is 5. The molecule has 0 aliphatic rings. The highest BCUT2D eigenvalue weighted by atomic mass is 35.5. The van der Waals surface area contributed by atoms with Crippen LogP contribution in [0.2, 0.25) is 5.02 Å². The summed E-state index contributed by atoms with van der Waals surface area (Å²) in [6.45, 7) is 1.68. The fourth-order valence-corrected chi connectivity index (χ4v) is 1.87. The average Bonchev–Trinajstić information content (AvgIpc) is 2.86. The summed E-state index contributed by atoms with van der Waals surface area (Å²) in [7, 11) is 2.97. The van der Waals surface area contributed by atoms with Gasteiger partial charge in [0, 0.05) is 12.1 Å². The van der Waals surface area contributed by atoms with Crippen LogP contribution in [0.1, 0.15) is 16.2 Å². The number of nitrogens with one attached hydrogen (secondary N) is 2. The summed E-state index contributed by atoms with van der Waals surface area (Å²) >= 11 is 6.00. The molecule has 0 aliphatic heterocycles. The minimum Gasteiger partial charge on any atom is -0.495 e. The van der Waals surface area contributed by atoms with E-state index in [0.29, 0.717) is 27.9 Å². The summed E-state index contributed by atoms with van der Waals surface area (Å²) in [4.78, 5) is 12.1. The summed E-state index contributed by atoms with van der Waals surface area (Å²) in [5.41, 5.74) is 1.14. The van der Waals surface area contributed by atoms with E-state index < -0.39 is 5.91 Å². The van der Waals surface area contributed by atoms with Gasteiger partial charge in [0.25, 0.3) is 5.91 Å². The monoisotopic (exact) mass is 296 g/mol. The normalized spacial score (nSPS) is 10.2. The summed E-state index contributed by atoms with van der Waals surface area (Å²) in [6, 6.07) is 3.14. The molecule has 0 spiro atoms. The molecule has 0 unspecified atom stereocenters. The number of nitrogens with zero attached hydrogens (tertiary/aromatic N) is 2. The molecule has 2 aromatic rings. The number of benzene rings is 1. The van der Waals surface area contributed by atoms with Crippen LogP contribution in [0.5, 0.6) is 11.5 Å². The number of rotatable bonds is 4. The number of aromatic nitrogens is 3. The van der Waals surface area contributed by atoms with Gasteiger partial charge in [-0.05, 0) is 6.92 Å². The van der Waals surface area contributed by atoms with Gasteiger partial charge in [-0.25, -0.2) is 0 Å². The molecule has 20 heavy (non-hydrogen) atoms. The highest BCUT2D eigenvalue weighted by molar-refractivity contribution is 6.32. The number of carbonyl (C=O) groups excluding carboxylic acids is 1. The Kier molecular flexibility index (Phi) is 4.09. The van der Waals surface area contributed by atoms with Gasteiger partial charge in [0.05, 0.1) is 30.6 Å². The molecule has 0 saturated heterocycles. The molecule has 0 aliphatic carbocycles. The second-order valence-corrected chi connectivity index (χ2v) is 4.31. The van der Waals surface area contributed by atoms with Crippen molar-refractivity contribution >= 4 is 23.2 Å². The SMILES string of the molecule is COc1cc(NC(=O)c2n[nH]nc2C)c(OC)cc1Cl. The standard InChI is InChI=1S/C12H13ClN4O3/c1-6-11(16-17-15-6)12(18)14-8-5-9(19-2)7(13)4-10(8)20-3/h4-5H,1-3H3,(H,14,18)(H,15,16,17). The summed E-state index contributed by atoms with van der Waals surface area (Å²) in [5.74, 6) is 0.448. The van der Waals surface area contributed by atoms with Gasteiger partial charge in [0.2, 0.25) is 0 Å². The minimum atomic E-state index is -0.404. The van der Waals surface area contributed by atoms with E-state index in [1.165, 1.54) is 14.2 Å². The lowest BCUT2D eigenvalue weighted by molar-refractivity contribution is 0.102. The second-order valence-electron chi connectivity index (χ2n) is 3.90. The molecule has 0 radical (unpaired) electrons. The molecule has 1 amide bonds. The summed E-state index contributed by atoms with van der Waals surface area (Å²) in [6.07, 6.45) is 0. The number of amides is 1. The number of ether oxygens (including phenoxy) is 2.